The molecule has 2 heterocycles. The predicted molar refractivity (Wildman–Crippen MR) is 124 cm³/mol. The topological polar surface area (TPSA) is 68.8 Å². The number of alkyl halides is 3. The first-order chi connectivity index (χ1) is 16.9. The van der Waals surface area contributed by atoms with Crippen LogP contribution in [0.1, 0.15) is 41.1 Å². The van der Waals surface area contributed by atoms with Crippen LogP contribution in [0.2, 0.25) is 0 Å². The van der Waals surface area contributed by atoms with Gasteiger partial charge in [-0.2, -0.15) is 13.2 Å². The molecule has 0 unspecified atom stereocenters. The molecule has 0 spiro atoms. The molecule has 4 aromatic rings. The quantitative estimate of drug-likeness (QED) is 0.213. The van der Waals surface area contributed by atoms with E-state index in [9.17, 15) is 17.6 Å². The molecule has 0 atom stereocenters. The molecule has 0 saturated heterocycles. The lowest BCUT2D eigenvalue weighted by Crippen LogP contribution is -2.07. The highest BCUT2D eigenvalue weighted by molar-refractivity contribution is 5.68. The number of hydrogen-bond donors (Lipinski definition) is 1. The molecule has 0 bridgehead atoms. The average molecular weight is 485 g/mol. The standard InChI is InChI=1S/C25H23F4N5O/c26-20-8-6-19(23(15-20)25(27,28)29)7-11-24-32-22(17-35-24)16-30-21-9-4-18(5-10-21)3-1-2-13-34-14-12-31-33-34/h4-12,14-15,17,30H,1-3,13,16H2. The number of nitrogens with one attached hydrogen (secondary N) is 1. The fraction of sp³-hybridized carbons (Fsp3) is 0.240. The minimum absolute atomic E-state index is 0.153. The summed E-state index contributed by atoms with van der Waals surface area (Å²) in [6, 6.07) is 10.6. The lowest BCUT2D eigenvalue weighted by atomic mass is 10.1. The number of rotatable bonds is 10. The van der Waals surface area contributed by atoms with Gasteiger partial charge in [-0.05, 0) is 60.7 Å². The van der Waals surface area contributed by atoms with Gasteiger partial charge in [0.25, 0.3) is 0 Å². The SMILES string of the molecule is Fc1ccc(C=Cc2nc(CNc3ccc(CCCCn4ccnn4)cc3)co2)c(C(F)(F)F)c1. The van der Waals surface area contributed by atoms with Crippen LogP contribution in [0, 0.1) is 5.82 Å². The third-order valence-corrected chi connectivity index (χ3v) is 5.30. The molecule has 4 rings (SSSR count). The number of aromatic nitrogens is 4. The van der Waals surface area contributed by atoms with E-state index in [-0.39, 0.29) is 11.5 Å². The van der Waals surface area contributed by atoms with Crippen molar-refractivity contribution in [3.63, 3.8) is 0 Å². The van der Waals surface area contributed by atoms with E-state index in [1.54, 1.807) is 6.20 Å². The van der Waals surface area contributed by atoms with Crippen molar-refractivity contribution in [2.45, 2.75) is 38.5 Å². The molecule has 35 heavy (non-hydrogen) atoms. The third-order valence-electron chi connectivity index (χ3n) is 5.30. The van der Waals surface area contributed by atoms with Crippen molar-refractivity contribution in [3.8, 4) is 0 Å². The summed E-state index contributed by atoms with van der Waals surface area (Å²) < 4.78 is 59.8. The Morgan fingerprint density at radius 1 is 1.03 bits per heavy atom. The zero-order valence-corrected chi connectivity index (χ0v) is 18.7. The molecule has 0 radical (unpaired) electrons. The largest absolute Gasteiger partial charge is 0.445 e. The number of nitrogens with zero attached hydrogens (tertiary/aromatic N) is 4. The lowest BCUT2D eigenvalue weighted by Gasteiger charge is -2.09. The van der Waals surface area contributed by atoms with E-state index in [1.807, 2.05) is 23.0 Å². The summed E-state index contributed by atoms with van der Waals surface area (Å²) in [5.41, 5.74) is 1.52. The van der Waals surface area contributed by atoms with Gasteiger partial charge in [-0.3, -0.25) is 4.68 Å². The van der Waals surface area contributed by atoms with Crippen molar-refractivity contribution in [3.05, 3.63) is 95.2 Å². The van der Waals surface area contributed by atoms with Gasteiger partial charge in [0.05, 0.1) is 24.0 Å². The van der Waals surface area contributed by atoms with Crippen LogP contribution in [0.25, 0.3) is 12.2 Å². The first-order valence-corrected chi connectivity index (χ1v) is 11.0. The van der Waals surface area contributed by atoms with Crippen molar-refractivity contribution >= 4 is 17.8 Å². The summed E-state index contributed by atoms with van der Waals surface area (Å²) in [5, 5.41) is 11.0. The van der Waals surface area contributed by atoms with Crippen LogP contribution in [0.3, 0.4) is 0 Å². The van der Waals surface area contributed by atoms with Crippen molar-refractivity contribution < 1.29 is 22.0 Å². The molecule has 1 N–H and O–H groups in total. The maximum atomic E-state index is 13.2. The van der Waals surface area contributed by atoms with Crippen LogP contribution in [-0.4, -0.2) is 20.0 Å². The molecule has 6 nitrogen and oxygen atoms in total. The van der Waals surface area contributed by atoms with Crippen LogP contribution in [0.5, 0.6) is 0 Å². The maximum Gasteiger partial charge on any atom is 0.417 e. The normalized spacial score (nSPS) is 11.9. The van der Waals surface area contributed by atoms with Gasteiger partial charge in [-0.15, -0.1) is 5.10 Å². The first kappa shape index (κ1) is 24.2. The predicted octanol–water partition coefficient (Wildman–Crippen LogP) is 6.23. The zero-order chi connectivity index (χ0) is 24.7. The zero-order valence-electron chi connectivity index (χ0n) is 18.7. The van der Waals surface area contributed by atoms with Gasteiger partial charge in [-0.1, -0.05) is 23.4 Å². The first-order valence-electron chi connectivity index (χ1n) is 11.0. The molecule has 0 aliphatic carbocycles. The van der Waals surface area contributed by atoms with Gasteiger partial charge in [0.2, 0.25) is 5.89 Å². The molecule has 0 aliphatic heterocycles. The fourth-order valence-electron chi connectivity index (χ4n) is 3.50. The number of benzene rings is 2. The van der Waals surface area contributed by atoms with Gasteiger partial charge in [0.1, 0.15) is 12.1 Å². The highest BCUT2D eigenvalue weighted by Crippen LogP contribution is 2.33. The summed E-state index contributed by atoms with van der Waals surface area (Å²) >= 11 is 0. The molecule has 182 valence electrons. The smallest absolute Gasteiger partial charge is 0.417 e. The number of unbranched alkanes of at least 4 members (excludes halogenated alkanes) is 1. The average Bonchev–Trinajstić information content (AvgIpc) is 3.52. The minimum atomic E-state index is -4.67. The molecule has 10 heteroatoms. The minimum Gasteiger partial charge on any atom is -0.445 e. The molecule has 2 aromatic carbocycles. The Morgan fingerprint density at radius 3 is 2.60 bits per heavy atom. The summed E-state index contributed by atoms with van der Waals surface area (Å²) in [4.78, 5) is 4.26. The Balaban J connectivity index is 1.26. The lowest BCUT2D eigenvalue weighted by molar-refractivity contribution is -0.137. The van der Waals surface area contributed by atoms with Crippen LogP contribution in [0.4, 0.5) is 23.2 Å². The van der Waals surface area contributed by atoms with Crippen LogP contribution < -0.4 is 5.32 Å². The van der Waals surface area contributed by atoms with E-state index in [0.29, 0.717) is 18.3 Å². The van der Waals surface area contributed by atoms with Crippen molar-refractivity contribution in [1.29, 1.82) is 0 Å². The Morgan fingerprint density at radius 2 is 1.86 bits per heavy atom. The number of oxazole rings is 1. The highest BCUT2D eigenvalue weighted by Gasteiger charge is 2.33. The summed E-state index contributed by atoms with van der Waals surface area (Å²) in [7, 11) is 0. The van der Waals surface area contributed by atoms with Gasteiger partial charge < -0.3 is 9.73 Å². The number of aryl methyl sites for hydroxylation is 2. The fourth-order valence-corrected chi connectivity index (χ4v) is 3.50. The van der Waals surface area contributed by atoms with E-state index in [1.165, 1.54) is 24.0 Å². The Bertz CT molecular complexity index is 1250. The van der Waals surface area contributed by atoms with Gasteiger partial charge in [0.15, 0.2) is 0 Å². The van der Waals surface area contributed by atoms with E-state index in [2.05, 4.69) is 32.7 Å². The number of hydrogen-bond acceptors (Lipinski definition) is 5. The molecule has 2 aromatic heterocycles. The molecular formula is C25H23F4N5O. The van der Waals surface area contributed by atoms with E-state index >= 15 is 0 Å². The van der Waals surface area contributed by atoms with Gasteiger partial charge in [0, 0.05) is 24.5 Å². The highest BCUT2D eigenvalue weighted by atomic mass is 19.4. The summed E-state index contributed by atoms with van der Waals surface area (Å²) in [5.74, 6) is -0.796. The summed E-state index contributed by atoms with van der Waals surface area (Å²) in [6.45, 7) is 1.24. The Hall–Kier alpha value is -3.95. The van der Waals surface area contributed by atoms with Gasteiger partial charge >= 0.3 is 6.18 Å². The molecule has 0 amide bonds. The molecule has 0 aliphatic rings. The Labute approximate surface area is 199 Å². The van der Waals surface area contributed by atoms with Crippen LogP contribution in [-0.2, 0) is 25.7 Å². The molecule has 0 saturated carbocycles. The van der Waals surface area contributed by atoms with Gasteiger partial charge in [-0.25, -0.2) is 9.37 Å². The second-order valence-electron chi connectivity index (χ2n) is 7.91. The van der Waals surface area contributed by atoms with E-state index in [4.69, 9.17) is 4.42 Å². The number of halogens is 4. The second kappa shape index (κ2) is 11.0. The van der Waals surface area contributed by atoms with E-state index in [0.717, 1.165) is 43.6 Å². The third kappa shape index (κ3) is 7.02. The van der Waals surface area contributed by atoms with Crippen LogP contribution >= 0.6 is 0 Å². The molecular weight excluding hydrogens is 462 g/mol. The van der Waals surface area contributed by atoms with Crippen LogP contribution in [0.15, 0.2) is 65.5 Å². The van der Waals surface area contributed by atoms with E-state index < -0.39 is 17.6 Å². The molecule has 0 fully saturated rings. The Kier molecular flexibility index (Phi) is 7.59. The second-order valence-corrected chi connectivity index (χ2v) is 7.91. The monoisotopic (exact) mass is 485 g/mol. The van der Waals surface area contributed by atoms with Crippen molar-refractivity contribution in [1.82, 2.24) is 20.0 Å². The van der Waals surface area contributed by atoms with Crippen molar-refractivity contribution in [2.24, 2.45) is 0 Å². The summed E-state index contributed by atoms with van der Waals surface area (Å²) in [6.07, 6.45) is 5.85. The maximum absolute atomic E-state index is 13.2. The number of anilines is 1. The van der Waals surface area contributed by atoms with Crippen molar-refractivity contribution in [2.75, 3.05) is 5.32 Å².